The molecule has 20 heavy (non-hydrogen) atoms. The van der Waals surface area contributed by atoms with Gasteiger partial charge in [-0.2, -0.15) is 5.10 Å². The lowest BCUT2D eigenvalue weighted by Crippen LogP contribution is -2.44. The number of aromatic nitrogens is 2. The highest BCUT2D eigenvalue weighted by molar-refractivity contribution is 7.89. The zero-order valence-corrected chi connectivity index (χ0v) is 12.9. The summed E-state index contributed by atoms with van der Waals surface area (Å²) >= 11 is 0. The molecule has 0 spiro atoms. The summed E-state index contributed by atoms with van der Waals surface area (Å²) in [5, 5.41) is 6.44. The third-order valence-electron chi connectivity index (χ3n) is 4.15. The zero-order chi connectivity index (χ0) is 14.8. The van der Waals surface area contributed by atoms with Crippen LogP contribution < -0.4 is 10.5 Å². The molecule has 114 valence electrons. The van der Waals surface area contributed by atoms with Gasteiger partial charge >= 0.3 is 0 Å². The number of sulfonamides is 1. The van der Waals surface area contributed by atoms with Gasteiger partial charge in [-0.25, -0.2) is 13.1 Å². The first kappa shape index (κ1) is 15.5. The van der Waals surface area contributed by atoms with E-state index in [9.17, 15) is 8.42 Å². The van der Waals surface area contributed by atoms with E-state index in [0.717, 1.165) is 19.3 Å². The monoisotopic (exact) mass is 300 g/mol. The lowest BCUT2D eigenvalue weighted by molar-refractivity contribution is 0.226. The van der Waals surface area contributed by atoms with Gasteiger partial charge in [-0.1, -0.05) is 26.7 Å². The van der Waals surface area contributed by atoms with Crippen LogP contribution in [-0.4, -0.2) is 24.7 Å². The second kappa shape index (κ2) is 6.24. The minimum Gasteiger partial charge on any atom is -0.326 e. The molecule has 6 nitrogen and oxygen atoms in total. The van der Waals surface area contributed by atoms with Gasteiger partial charge in [-0.3, -0.25) is 5.10 Å². The largest absolute Gasteiger partial charge is 0.326 e. The fourth-order valence-electron chi connectivity index (χ4n) is 3.04. The first-order valence-corrected chi connectivity index (χ1v) is 8.68. The molecule has 1 heterocycles. The van der Waals surface area contributed by atoms with E-state index >= 15 is 0 Å². The molecule has 2 unspecified atom stereocenters. The van der Waals surface area contributed by atoms with E-state index in [1.54, 1.807) is 0 Å². The molecule has 0 aliphatic heterocycles. The smallest absolute Gasteiger partial charge is 0.258 e. The van der Waals surface area contributed by atoms with Crippen LogP contribution in [0, 0.1) is 11.8 Å². The molecule has 2 atom stereocenters. The molecular formula is C13H24N4O2S. The van der Waals surface area contributed by atoms with E-state index in [1.807, 2.05) is 0 Å². The van der Waals surface area contributed by atoms with Crippen LogP contribution in [0.4, 0.5) is 0 Å². The maximum absolute atomic E-state index is 12.5. The van der Waals surface area contributed by atoms with Gasteiger partial charge in [0.2, 0.25) is 0 Å². The van der Waals surface area contributed by atoms with E-state index in [0.29, 0.717) is 17.4 Å². The highest BCUT2D eigenvalue weighted by atomic mass is 32.2. The first-order valence-electron chi connectivity index (χ1n) is 7.20. The number of nitrogens with two attached hydrogens (primary N) is 1. The van der Waals surface area contributed by atoms with E-state index < -0.39 is 10.0 Å². The fourth-order valence-corrected chi connectivity index (χ4v) is 4.50. The summed E-state index contributed by atoms with van der Waals surface area (Å²) in [7, 11) is -3.57. The Morgan fingerprint density at radius 2 is 2.15 bits per heavy atom. The van der Waals surface area contributed by atoms with Crippen LogP contribution in [0.1, 0.15) is 45.1 Å². The maximum atomic E-state index is 12.5. The summed E-state index contributed by atoms with van der Waals surface area (Å²) in [5.74, 6) is 0.863. The van der Waals surface area contributed by atoms with Gasteiger partial charge in [0.25, 0.3) is 10.0 Å². The second-order valence-electron chi connectivity index (χ2n) is 5.85. The number of hydrogen-bond donors (Lipinski definition) is 3. The van der Waals surface area contributed by atoms with Gasteiger partial charge in [-0.15, -0.1) is 0 Å². The Balaban J connectivity index is 2.19. The van der Waals surface area contributed by atoms with Gasteiger partial charge in [-0.05, 0) is 24.7 Å². The van der Waals surface area contributed by atoms with Crippen molar-refractivity contribution >= 4 is 10.0 Å². The van der Waals surface area contributed by atoms with Crippen molar-refractivity contribution in [3.05, 3.63) is 11.8 Å². The quantitative estimate of drug-likeness (QED) is 0.764. The van der Waals surface area contributed by atoms with Gasteiger partial charge in [0.15, 0.2) is 5.03 Å². The highest BCUT2D eigenvalue weighted by Crippen LogP contribution is 2.31. The van der Waals surface area contributed by atoms with Gasteiger partial charge in [0, 0.05) is 18.2 Å². The molecule has 1 aromatic heterocycles. The van der Waals surface area contributed by atoms with E-state index in [1.165, 1.54) is 12.6 Å². The lowest BCUT2D eigenvalue weighted by atomic mass is 9.78. The molecule has 0 bridgehead atoms. The normalized spacial score (nSPS) is 24.2. The maximum Gasteiger partial charge on any atom is 0.258 e. The Kier molecular flexibility index (Phi) is 4.82. The van der Waals surface area contributed by atoms with Crippen molar-refractivity contribution in [2.24, 2.45) is 17.6 Å². The fraction of sp³-hybridized carbons (Fsp3) is 0.769. The Hall–Kier alpha value is -0.920. The Bertz CT molecular complexity index is 538. The van der Waals surface area contributed by atoms with Crippen molar-refractivity contribution in [2.45, 2.75) is 57.1 Å². The predicted molar refractivity (Wildman–Crippen MR) is 77.4 cm³/mol. The molecule has 7 heteroatoms. The Labute approximate surface area is 120 Å². The number of aromatic amines is 1. The molecule has 0 aromatic carbocycles. The summed E-state index contributed by atoms with van der Waals surface area (Å²) in [6, 6.07) is 0.00248. The molecule has 1 aliphatic carbocycles. The van der Waals surface area contributed by atoms with Gasteiger partial charge < -0.3 is 5.73 Å². The van der Waals surface area contributed by atoms with Gasteiger partial charge in [0.05, 0.1) is 6.20 Å². The summed E-state index contributed by atoms with van der Waals surface area (Å²) in [5.41, 5.74) is 6.07. The standard InChI is InChI=1S/C13H24N4O2S/c1-9(2)11-5-3-4-6-12(11)17-20(18,19)13-10(7-14)8-15-16-13/h8-9,11-12,17H,3-7,14H2,1-2H3,(H,15,16). The molecule has 1 saturated carbocycles. The van der Waals surface area contributed by atoms with Crippen LogP contribution in [-0.2, 0) is 16.6 Å². The number of hydrogen-bond acceptors (Lipinski definition) is 4. The van der Waals surface area contributed by atoms with Crippen molar-refractivity contribution in [3.8, 4) is 0 Å². The van der Waals surface area contributed by atoms with Gasteiger partial charge in [0.1, 0.15) is 0 Å². The van der Waals surface area contributed by atoms with Crippen LogP contribution in [0.2, 0.25) is 0 Å². The first-order chi connectivity index (χ1) is 9.45. The van der Waals surface area contributed by atoms with Crippen molar-refractivity contribution in [1.29, 1.82) is 0 Å². The number of nitrogens with zero attached hydrogens (tertiary/aromatic N) is 1. The number of H-pyrrole nitrogens is 1. The predicted octanol–water partition coefficient (Wildman–Crippen LogP) is 1.36. The topological polar surface area (TPSA) is 101 Å². The number of rotatable bonds is 5. The molecule has 1 fully saturated rings. The molecule has 1 aromatic rings. The molecule has 0 amide bonds. The summed E-state index contributed by atoms with van der Waals surface area (Å²) in [6.45, 7) is 4.46. The van der Waals surface area contributed by atoms with Crippen LogP contribution in [0.25, 0.3) is 0 Å². The van der Waals surface area contributed by atoms with E-state index in [4.69, 9.17) is 5.73 Å². The minimum absolute atomic E-state index is 0.00248. The average Bonchev–Trinajstić information content (AvgIpc) is 2.87. The van der Waals surface area contributed by atoms with Crippen molar-refractivity contribution in [1.82, 2.24) is 14.9 Å². The second-order valence-corrected chi connectivity index (χ2v) is 7.50. The summed E-state index contributed by atoms with van der Waals surface area (Å²) in [6.07, 6.45) is 5.70. The van der Waals surface area contributed by atoms with Crippen LogP contribution in [0.15, 0.2) is 11.2 Å². The summed E-state index contributed by atoms with van der Waals surface area (Å²) < 4.78 is 27.8. The van der Waals surface area contributed by atoms with E-state index in [-0.39, 0.29) is 17.6 Å². The zero-order valence-electron chi connectivity index (χ0n) is 12.1. The molecule has 1 aliphatic rings. The highest BCUT2D eigenvalue weighted by Gasteiger charge is 2.32. The third kappa shape index (κ3) is 3.21. The van der Waals surface area contributed by atoms with Crippen LogP contribution in [0.3, 0.4) is 0 Å². The van der Waals surface area contributed by atoms with E-state index in [2.05, 4.69) is 28.8 Å². The molecular weight excluding hydrogens is 276 g/mol. The third-order valence-corrected chi connectivity index (χ3v) is 5.65. The molecule has 0 saturated heterocycles. The van der Waals surface area contributed by atoms with Crippen LogP contribution in [0.5, 0.6) is 0 Å². The molecule has 2 rings (SSSR count). The van der Waals surface area contributed by atoms with Crippen molar-refractivity contribution in [3.63, 3.8) is 0 Å². The van der Waals surface area contributed by atoms with Crippen molar-refractivity contribution in [2.75, 3.05) is 0 Å². The lowest BCUT2D eigenvalue weighted by Gasteiger charge is -2.34. The molecule has 0 radical (unpaired) electrons. The minimum atomic E-state index is -3.57. The Morgan fingerprint density at radius 1 is 1.45 bits per heavy atom. The summed E-state index contributed by atoms with van der Waals surface area (Å²) in [4.78, 5) is 0. The number of nitrogens with one attached hydrogen (secondary N) is 2. The molecule has 4 N–H and O–H groups in total. The van der Waals surface area contributed by atoms with Crippen molar-refractivity contribution < 1.29 is 8.42 Å². The SMILES string of the molecule is CC(C)C1CCCCC1NS(=O)(=O)c1[nH]ncc1CN. The average molecular weight is 300 g/mol. The van der Waals surface area contributed by atoms with Crippen LogP contribution >= 0.6 is 0 Å². The Morgan fingerprint density at radius 3 is 2.80 bits per heavy atom.